The number of hydrogen-bond acceptors (Lipinski definition) is 5. The third-order valence-electron chi connectivity index (χ3n) is 2.28. The van der Waals surface area contributed by atoms with Crippen molar-refractivity contribution < 1.29 is 4.74 Å². The largest absolute Gasteiger partial charge is 0.383 e. The van der Waals surface area contributed by atoms with Gasteiger partial charge >= 0.3 is 0 Å². The van der Waals surface area contributed by atoms with E-state index in [2.05, 4.69) is 29.1 Å². The van der Waals surface area contributed by atoms with Crippen LogP contribution in [-0.2, 0) is 4.74 Å². The average molecular weight is 224 g/mol. The van der Waals surface area contributed by atoms with Gasteiger partial charge in [0.25, 0.3) is 0 Å². The molecule has 5 nitrogen and oxygen atoms in total. The highest BCUT2D eigenvalue weighted by molar-refractivity contribution is 5.36. The standard InChI is InChI=1S/C11H20N4O/c1-8(2)10-4-11(14-7-13-10)15-9(5-12)6-16-3/h4,7-9H,5-6,12H2,1-3H3,(H,13,14,15). The Morgan fingerprint density at radius 1 is 1.44 bits per heavy atom. The third kappa shape index (κ3) is 3.75. The second-order valence-electron chi connectivity index (χ2n) is 4.02. The summed E-state index contributed by atoms with van der Waals surface area (Å²) in [6.45, 7) is 5.27. The molecule has 0 saturated heterocycles. The fraction of sp³-hybridized carbons (Fsp3) is 0.636. The molecule has 1 unspecified atom stereocenters. The number of hydrogen-bond donors (Lipinski definition) is 2. The van der Waals surface area contributed by atoms with Crippen molar-refractivity contribution in [2.45, 2.75) is 25.8 Å². The van der Waals surface area contributed by atoms with Crippen LogP contribution in [0.5, 0.6) is 0 Å². The van der Waals surface area contributed by atoms with Crippen LogP contribution in [-0.4, -0.2) is 36.3 Å². The number of ether oxygens (including phenoxy) is 1. The van der Waals surface area contributed by atoms with E-state index in [1.54, 1.807) is 13.4 Å². The van der Waals surface area contributed by atoms with Crippen molar-refractivity contribution in [3.63, 3.8) is 0 Å². The molecule has 0 radical (unpaired) electrons. The van der Waals surface area contributed by atoms with Gasteiger partial charge in [-0.25, -0.2) is 9.97 Å². The molecule has 0 aliphatic heterocycles. The molecule has 0 aliphatic rings. The van der Waals surface area contributed by atoms with Crippen molar-refractivity contribution in [1.82, 2.24) is 9.97 Å². The van der Waals surface area contributed by atoms with Gasteiger partial charge in [-0.1, -0.05) is 13.8 Å². The lowest BCUT2D eigenvalue weighted by molar-refractivity contribution is 0.187. The molecule has 1 aromatic heterocycles. The predicted molar refractivity (Wildman–Crippen MR) is 64.5 cm³/mol. The number of methoxy groups -OCH3 is 1. The number of anilines is 1. The van der Waals surface area contributed by atoms with E-state index in [1.165, 1.54) is 0 Å². The zero-order valence-electron chi connectivity index (χ0n) is 10.1. The summed E-state index contributed by atoms with van der Waals surface area (Å²) in [7, 11) is 1.66. The summed E-state index contributed by atoms with van der Waals surface area (Å²) in [6, 6.07) is 2.03. The van der Waals surface area contributed by atoms with Gasteiger partial charge in [0, 0.05) is 25.4 Å². The summed E-state index contributed by atoms with van der Waals surface area (Å²) in [5, 5.41) is 3.22. The van der Waals surface area contributed by atoms with E-state index >= 15 is 0 Å². The van der Waals surface area contributed by atoms with E-state index in [1.807, 2.05) is 6.07 Å². The highest BCUT2D eigenvalue weighted by atomic mass is 16.5. The van der Waals surface area contributed by atoms with Crippen LogP contribution in [0.1, 0.15) is 25.5 Å². The maximum absolute atomic E-state index is 5.62. The van der Waals surface area contributed by atoms with Crippen molar-refractivity contribution in [3.8, 4) is 0 Å². The number of nitrogens with one attached hydrogen (secondary N) is 1. The Morgan fingerprint density at radius 2 is 2.19 bits per heavy atom. The van der Waals surface area contributed by atoms with E-state index in [0.717, 1.165) is 11.5 Å². The van der Waals surface area contributed by atoms with Crippen LogP contribution >= 0.6 is 0 Å². The second-order valence-corrected chi connectivity index (χ2v) is 4.02. The highest BCUT2D eigenvalue weighted by Gasteiger charge is 2.08. The summed E-state index contributed by atoms with van der Waals surface area (Å²) in [4.78, 5) is 8.36. The normalized spacial score (nSPS) is 12.8. The number of aromatic nitrogens is 2. The van der Waals surface area contributed by atoms with Gasteiger partial charge in [0.15, 0.2) is 0 Å². The molecule has 0 saturated carbocycles. The van der Waals surface area contributed by atoms with E-state index < -0.39 is 0 Å². The Labute approximate surface area is 96.4 Å². The molecule has 0 fully saturated rings. The van der Waals surface area contributed by atoms with Gasteiger partial charge in [0.2, 0.25) is 0 Å². The Balaban J connectivity index is 2.68. The van der Waals surface area contributed by atoms with Crippen molar-refractivity contribution in [2.24, 2.45) is 5.73 Å². The molecule has 90 valence electrons. The van der Waals surface area contributed by atoms with Crippen molar-refractivity contribution in [2.75, 3.05) is 25.6 Å². The monoisotopic (exact) mass is 224 g/mol. The summed E-state index contributed by atoms with van der Waals surface area (Å²) in [6.07, 6.45) is 1.57. The van der Waals surface area contributed by atoms with Crippen LogP contribution < -0.4 is 11.1 Å². The Hall–Kier alpha value is -1.20. The topological polar surface area (TPSA) is 73.1 Å². The van der Waals surface area contributed by atoms with Gasteiger partial charge in [0.1, 0.15) is 12.1 Å². The maximum atomic E-state index is 5.62. The number of nitrogens with zero attached hydrogens (tertiary/aromatic N) is 2. The fourth-order valence-corrected chi connectivity index (χ4v) is 1.35. The number of rotatable bonds is 6. The lowest BCUT2D eigenvalue weighted by Crippen LogP contribution is -2.33. The maximum Gasteiger partial charge on any atom is 0.129 e. The van der Waals surface area contributed by atoms with Gasteiger partial charge in [-0.3, -0.25) is 0 Å². The van der Waals surface area contributed by atoms with E-state index in [4.69, 9.17) is 10.5 Å². The lowest BCUT2D eigenvalue weighted by atomic mass is 10.1. The molecular weight excluding hydrogens is 204 g/mol. The highest BCUT2D eigenvalue weighted by Crippen LogP contribution is 2.14. The average Bonchev–Trinajstić information content (AvgIpc) is 2.29. The molecule has 0 aliphatic carbocycles. The number of nitrogens with two attached hydrogens (primary N) is 1. The molecule has 5 heteroatoms. The predicted octanol–water partition coefficient (Wildman–Crippen LogP) is 0.986. The molecule has 0 spiro atoms. The molecule has 1 rings (SSSR count). The van der Waals surface area contributed by atoms with Crippen LogP contribution in [0.25, 0.3) is 0 Å². The molecule has 0 aromatic carbocycles. The molecular formula is C11H20N4O. The van der Waals surface area contributed by atoms with E-state index in [0.29, 0.717) is 19.1 Å². The Morgan fingerprint density at radius 3 is 2.75 bits per heavy atom. The molecule has 1 aromatic rings. The zero-order valence-corrected chi connectivity index (χ0v) is 10.1. The minimum absolute atomic E-state index is 0.0833. The molecule has 1 heterocycles. The Kier molecular flexibility index (Phi) is 5.14. The minimum Gasteiger partial charge on any atom is -0.383 e. The summed E-state index contributed by atoms with van der Waals surface area (Å²) >= 11 is 0. The zero-order chi connectivity index (χ0) is 12.0. The van der Waals surface area contributed by atoms with Gasteiger partial charge in [-0.2, -0.15) is 0 Å². The first kappa shape index (κ1) is 12.9. The second kappa shape index (κ2) is 6.40. The summed E-state index contributed by atoms with van der Waals surface area (Å²) in [5.74, 6) is 1.19. The molecule has 0 bridgehead atoms. The molecule has 16 heavy (non-hydrogen) atoms. The summed E-state index contributed by atoms with van der Waals surface area (Å²) < 4.78 is 5.06. The SMILES string of the molecule is COCC(CN)Nc1cc(C(C)C)ncn1. The van der Waals surface area contributed by atoms with Crippen LogP contribution in [0.4, 0.5) is 5.82 Å². The third-order valence-corrected chi connectivity index (χ3v) is 2.28. The van der Waals surface area contributed by atoms with Gasteiger partial charge in [0.05, 0.1) is 12.6 Å². The summed E-state index contributed by atoms with van der Waals surface area (Å²) in [5.41, 5.74) is 6.64. The van der Waals surface area contributed by atoms with Gasteiger partial charge in [-0.15, -0.1) is 0 Å². The molecule has 0 amide bonds. The van der Waals surface area contributed by atoms with Crippen molar-refractivity contribution in [3.05, 3.63) is 18.1 Å². The van der Waals surface area contributed by atoms with Crippen LogP contribution in [0, 0.1) is 0 Å². The quantitative estimate of drug-likeness (QED) is 0.753. The molecule has 1 atom stereocenters. The van der Waals surface area contributed by atoms with Crippen molar-refractivity contribution in [1.29, 1.82) is 0 Å². The van der Waals surface area contributed by atoms with Gasteiger partial charge < -0.3 is 15.8 Å². The Bertz CT molecular complexity index is 317. The first-order valence-corrected chi connectivity index (χ1v) is 5.44. The molecule has 3 N–H and O–H groups in total. The van der Waals surface area contributed by atoms with Crippen LogP contribution in [0.2, 0.25) is 0 Å². The first-order valence-electron chi connectivity index (χ1n) is 5.44. The first-order chi connectivity index (χ1) is 7.67. The van der Waals surface area contributed by atoms with Crippen molar-refractivity contribution >= 4 is 5.82 Å². The van der Waals surface area contributed by atoms with E-state index in [9.17, 15) is 0 Å². The van der Waals surface area contributed by atoms with Gasteiger partial charge in [-0.05, 0) is 5.92 Å². The minimum atomic E-state index is 0.0833. The lowest BCUT2D eigenvalue weighted by Gasteiger charge is -2.16. The fourth-order valence-electron chi connectivity index (χ4n) is 1.35. The van der Waals surface area contributed by atoms with Crippen LogP contribution in [0.3, 0.4) is 0 Å². The van der Waals surface area contributed by atoms with Crippen LogP contribution in [0.15, 0.2) is 12.4 Å². The van der Waals surface area contributed by atoms with E-state index in [-0.39, 0.29) is 6.04 Å². The smallest absolute Gasteiger partial charge is 0.129 e.